The molecule has 302 valence electrons. The average molecular weight is 809 g/mol. The minimum absolute atomic E-state index is 0.105. The number of benzene rings is 9. The van der Waals surface area contributed by atoms with Gasteiger partial charge in [-0.3, -0.25) is 0 Å². The van der Waals surface area contributed by atoms with Crippen LogP contribution < -0.4 is 9.80 Å². The van der Waals surface area contributed by atoms with Crippen LogP contribution in [0.1, 0.15) is 72.6 Å². The van der Waals surface area contributed by atoms with E-state index in [1.807, 2.05) is 0 Å². The van der Waals surface area contributed by atoms with Crippen molar-refractivity contribution in [2.75, 3.05) is 22.9 Å². The van der Waals surface area contributed by atoms with Crippen molar-refractivity contribution < 1.29 is 0 Å². The van der Waals surface area contributed by atoms with Gasteiger partial charge in [0.25, 0.3) is 0 Å². The van der Waals surface area contributed by atoms with Crippen LogP contribution in [-0.4, -0.2) is 13.1 Å². The first-order chi connectivity index (χ1) is 30.9. The van der Waals surface area contributed by atoms with Crippen LogP contribution in [0.4, 0.5) is 22.7 Å². The fourth-order valence-electron chi connectivity index (χ4n) is 12.9. The molecule has 0 N–H and O–H groups in total. The van der Waals surface area contributed by atoms with Crippen molar-refractivity contribution in [2.45, 2.75) is 57.3 Å². The lowest BCUT2D eigenvalue weighted by molar-refractivity contribution is 0.660. The first-order valence-electron chi connectivity index (χ1n) is 23.2. The first kappa shape index (κ1) is 35.7. The van der Waals surface area contributed by atoms with Gasteiger partial charge in [-0.25, -0.2) is 0 Å². The van der Waals surface area contributed by atoms with Gasteiger partial charge in [0.2, 0.25) is 0 Å². The third-order valence-corrected chi connectivity index (χ3v) is 16.1. The van der Waals surface area contributed by atoms with E-state index in [4.69, 9.17) is 0 Å². The van der Waals surface area contributed by atoms with E-state index in [2.05, 4.69) is 194 Å². The molecular weight excluding hydrogens is 761 g/mol. The Bertz CT molecular complexity index is 3480. The molecule has 2 heteroatoms. The molecule has 5 aliphatic rings. The van der Waals surface area contributed by atoms with E-state index in [1.165, 1.54) is 128 Å². The third-order valence-electron chi connectivity index (χ3n) is 16.1. The van der Waals surface area contributed by atoms with Crippen LogP contribution >= 0.6 is 0 Å². The second-order valence-electron chi connectivity index (χ2n) is 19.6. The van der Waals surface area contributed by atoms with Crippen LogP contribution in [0.15, 0.2) is 164 Å². The Balaban J connectivity index is 1.11. The number of rotatable bonds is 2. The molecule has 0 radical (unpaired) electrons. The molecule has 0 aromatic heterocycles. The van der Waals surface area contributed by atoms with Crippen molar-refractivity contribution in [2.24, 2.45) is 0 Å². The Hall–Kier alpha value is -6.90. The normalized spacial score (nSPS) is 18.1. The van der Waals surface area contributed by atoms with Crippen LogP contribution in [0.5, 0.6) is 0 Å². The summed E-state index contributed by atoms with van der Waals surface area (Å²) in [4.78, 5) is 5.20. The van der Waals surface area contributed by atoms with Crippen LogP contribution in [-0.2, 0) is 23.7 Å². The maximum Gasteiger partial charge on any atom is 0.0446 e. The number of hydrogen-bond donors (Lipinski definition) is 0. The SMILES string of the molecule is CC1(C)c2ccccc2-c2ccc(-c3c4ccc5cc4c(c4ccc(N6CCCc7ccccc76)cc34)-c3ccc4c(c3)C(C)(c3ccc6c(c3)N5CCC6)c3ccccc3-4)cc21. The van der Waals surface area contributed by atoms with Crippen molar-refractivity contribution in [3.05, 3.63) is 203 Å². The lowest BCUT2D eigenvalue weighted by Crippen LogP contribution is -2.27. The topological polar surface area (TPSA) is 6.48 Å². The van der Waals surface area contributed by atoms with Crippen LogP contribution in [0, 0.1) is 0 Å². The Morgan fingerprint density at radius 3 is 1.63 bits per heavy atom. The van der Waals surface area contributed by atoms with E-state index in [9.17, 15) is 0 Å². The number of nitrogens with zero attached hydrogens (tertiary/aromatic N) is 2. The summed E-state index contributed by atoms with van der Waals surface area (Å²) in [5.74, 6) is 0. The number of anilines is 4. The zero-order valence-corrected chi connectivity index (χ0v) is 36.2. The molecule has 1 unspecified atom stereocenters. The molecule has 6 bridgehead atoms. The zero-order chi connectivity index (χ0) is 41.8. The van der Waals surface area contributed by atoms with E-state index in [-0.39, 0.29) is 10.8 Å². The number of aryl methyl sites for hydroxylation is 2. The first-order valence-corrected chi connectivity index (χ1v) is 23.2. The molecule has 2 nitrogen and oxygen atoms in total. The Morgan fingerprint density at radius 1 is 0.397 bits per heavy atom. The molecule has 9 aromatic rings. The highest BCUT2D eigenvalue weighted by Gasteiger charge is 2.42. The summed E-state index contributed by atoms with van der Waals surface area (Å²) in [5.41, 5.74) is 25.3. The van der Waals surface area contributed by atoms with E-state index >= 15 is 0 Å². The fraction of sp³-hybridized carbons (Fsp3) is 0.180. The summed E-state index contributed by atoms with van der Waals surface area (Å²) >= 11 is 0. The Labute approximate surface area is 370 Å². The van der Waals surface area contributed by atoms with E-state index < -0.39 is 0 Å². The van der Waals surface area contributed by atoms with Gasteiger partial charge in [-0.2, -0.15) is 0 Å². The molecule has 0 fully saturated rings. The van der Waals surface area contributed by atoms with Gasteiger partial charge in [-0.1, -0.05) is 129 Å². The van der Waals surface area contributed by atoms with Gasteiger partial charge in [-0.05, 0) is 186 Å². The Morgan fingerprint density at radius 2 is 0.937 bits per heavy atom. The summed E-state index contributed by atoms with van der Waals surface area (Å²) in [6.45, 7) is 9.31. The predicted octanol–water partition coefficient (Wildman–Crippen LogP) is 15.4. The third kappa shape index (κ3) is 4.74. The largest absolute Gasteiger partial charge is 0.341 e. The van der Waals surface area contributed by atoms with Crippen molar-refractivity contribution in [3.63, 3.8) is 0 Å². The Kier molecular flexibility index (Phi) is 7.14. The van der Waals surface area contributed by atoms with Crippen molar-refractivity contribution >= 4 is 44.3 Å². The van der Waals surface area contributed by atoms with Crippen LogP contribution in [0.3, 0.4) is 0 Å². The number of para-hydroxylation sites is 1. The highest BCUT2D eigenvalue weighted by Crippen LogP contribution is 2.57. The predicted molar refractivity (Wildman–Crippen MR) is 264 cm³/mol. The molecule has 3 aliphatic heterocycles. The van der Waals surface area contributed by atoms with Crippen molar-refractivity contribution in [1.29, 1.82) is 0 Å². The fourth-order valence-corrected chi connectivity index (χ4v) is 12.9. The van der Waals surface area contributed by atoms with Crippen molar-refractivity contribution in [3.8, 4) is 44.5 Å². The average Bonchev–Trinajstić information content (AvgIpc) is 3.72. The molecule has 0 saturated heterocycles. The molecule has 14 rings (SSSR count). The lowest BCUT2D eigenvalue weighted by Gasteiger charge is -2.36. The van der Waals surface area contributed by atoms with E-state index in [1.54, 1.807) is 0 Å². The second kappa shape index (κ2) is 12.6. The highest BCUT2D eigenvalue weighted by atomic mass is 15.1. The maximum atomic E-state index is 2.63. The molecule has 63 heavy (non-hydrogen) atoms. The van der Waals surface area contributed by atoms with Gasteiger partial charge in [0.15, 0.2) is 0 Å². The van der Waals surface area contributed by atoms with Gasteiger partial charge in [0.1, 0.15) is 0 Å². The monoisotopic (exact) mass is 808 g/mol. The summed E-state index contributed by atoms with van der Waals surface area (Å²) in [5, 5.41) is 5.23. The van der Waals surface area contributed by atoms with Gasteiger partial charge < -0.3 is 9.80 Å². The van der Waals surface area contributed by atoms with Gasteiger partial charge >= 0.3 is 0 Å². The van der Waals surface area contributed by atoms with Gasteiger partial charge in [0, 0.05) is 46.7 Å². The summed E-state index contributed by atoms with van der Waals surface area (Å²) < 4.78 is 0. The molecular formula is C61H48N2. The van der Waals surface area contributed by atoms with E-state index in [0.29, 0.717) is 0 Å². The van der Waals surface area contributed by atoms with Crippen LogP contribution in [0.2, 0.25) is 0 Å². The molecule has 0 amide bonds. The zero-order valence-electron chi connectivity index (χ0n) is 36.2. The van der Waals surface area contributed by atoms with Crippen molar-refractivity contribution in [1.82, 2.24) is 0 Å². The molecule has 3 heterocycles. The molecule has 1 atom stereocenters. The summed E-state index contributed by atoms with van der Waals surface area (Å²) in [6.07, 6.45) is 4.51. The number of fused-ring (bicyclic) bond motifs is 15. The maximum absolute atomic E-state index is 2.63. The van der Waals surface area contributed by atoms with Gasteiger partial charge in [-0.15, -0.1) is 0 Å². The van der Waals surface area contributed by atoms with E-state index in [0.717, 1.165) is 38.8 Å². The lowest BCUT2D eigenvalue weighted by atomic mass is 9.73. The summed E-state index contributed by atoms with van der Waals surface area (Å²) in [7, 11) is 0. The molecule has 9 aromatic carbocycles. The van der Waals surface area contributed by atoms with Crippen LogP contribution in [0.25, 0.3) is 66.1 Å². The molecule has 0 saturated carbocycles. The second-order valence-corrected chi connectivity index (χ2v) is 19.6. The standard InChI is InChI=1S/C61H48N2/c1-60(2)52-17-7-5-15-44(52)46-26-21-39(32-54(46)60)58-48-29-25-43-36-51(48)59(49-28-24-42(35-50(49)58)62-30-10-13-37-12-4-9-19-56(37)62)40-22-27-47-45-16-6-8-18-53(45)61(3,55(47)33-40)41-23-20-38-14-11-31-63(43)57(38)34-41/h4-9,12,15-29,32-36H,10-11,13-14,30-31H2,1-3H3. The minimum Gasteiger partial charge on any atom is -0.341 e. The smallest absolute Gasteiger partial charge is 0.0446 e. The molecule has 0 spiro atoms. The summed E-state index contributed by atoms with van der Waals surface area (Å²) in [6, 6.07) is 64.3. The molecule has 2 aliphatic carbocycles. The number of hydrogen-bond acceptors (Lipinski definition) is 2. The van der Waals surface area contributed by atoms with Gasteiger partial charge in [0.05, 0.1) is 0 Å². The minimum atomic E-state index is -0.300. The quantitative estimate of drug-likeness (QED) is 0.161. The highest BCUT2D eigenvalue weighted by molar-refractivity contribution is 6.23.